The second-order valence-corrected chi connectivity index (χ2v) is 7.22. The van der Waals surface area contributed by atoms with Gasteiger partial charge in [0.25, 0.3) is 0 Å². The highest BCUT2D eigenvalue weighted by molar-refractivity contribution is 7.09. The topological polar surface area (TPSA) is 54.0 Å². The number of thiazole rings is 1. The summed E-state index contributed by atoms with van der Waals surface area (Å²) in [5, 5.41) is 10.0. The summed E-state index contributed by atoms with van der Waals surface area (Å²) in [5.41, 5.74) is 1.96. The van der Waals surface area contributed by atoms with Gasteiger partial charge in [0.2, 0.25) is 5.91 Å². The van der Waals surface area contributed by atoms with E-state index in [0.29, 0.717) is 11.6 Å². The molecule has 0 saturated carbocycles. The lowest BCUT2D eigenvalue weighted by atomic mass is 9.91. The maximum absolute atomic E-state index is 12.3. The standard InChI is InChI=1S/C17H20ClN3OS/c1-11-14(3-2-8-19-11)17(22)20-9-16-21-15(10-23-16)12-4-6-13(18)7-5-12/h4-7,10-11,14,19H,2-3,8-9H2,1H3,(H,20,22)/t11-,14-/m0/s1. The van der Waals surface area contributed by atoms with Crippen molar-refractivity contribution in [3.8, 4) is 11.3 Å². The first-order chi connectivity index (χ1) is 11.1. The Hall–Kier alpha value is -1.43. The van der Waals surface area contributed by atoms with Crippen LogP contribution in [0.5, 0.6) is 0 Å². The molecule has 0 bridgehead atoms. The molecular formula is C17H20ClN3OS. The highest BCUT2D eigenvalue weighted by Gasteiger charge is 2.27. The number of hydrogen-bond acceptors (Lipinski definition) is 4. The maximum atomic E-state index is 12.3. The minimum Gasteiger partial charge on any atom is -0.349 e. The van der Waals surface area contributed by atoms with Crippen LogP contribution in [0.3, 0.4) is 0 Å². The quantitative estimate of drug-likeness (QED) is 0.888. The van der Waals surface area contributed by atoms with Gasteiger partial charge in [-0.15, -0.1) is 11.3 Å². The van der Waals surface area contributed by atoms with Crippen molar-refractivity contribution in [3.63, 3.8) is 0 Å². The summed E-state index contributed by atoms with van der Waals surface area (Å²) < 4.78 is 0. The van der Waals surface area contributed by atoms with E-state index in [2.05, 4.69) is 22.5 Å². The van der Waals surface area contributed by atoms with Gasteiger partial charge in [-0.1, -0.05) is 23.7 Å². The molecule has 1 fully saturated rings. The van der Waals surface area contributed by atoms with Crippen LogP contribution in [0.25, 0.3) is 11.3 Å². The molecule has 2 N–H and O–H groups in total. The molecule has 0 spiro atoms. The van der Waals surface area contributed by atoms with Gasteiger partial charge in [0.15, 0.2) is 0 Å². The minimum absolute atomic E-state index is 0.0550. The Morgan fingerprint density at radius 1 is 1.43 bits per heavy atom. The molecule has 1 saturated heterocycles. The number of nitrogens with zero attached hydrogens (tertiary/aromatic N) is 1. The summed E-state index contributed by atoms with van der Waals surface area (Å²) in [6.45, 7) is 3.56. The van der Waals surface area contributed by atoms with E-state index in [1.165, 1.54) is 0 Å². The summed E-state index contributed by atoms with van der Waals surface area (Å²) >= 11 is 7.47. The van der Waals surface area contributed by atoms with E-state index >= 15 is 0 Å². The Morgan fingerprint density at radius 2 is 2.22 bits per heavy atom. The van der Waals surface area contributed by atoms with E-state index in [1.807, 2.05) is 29.6 Å². The Bertz CT molecular complexity index is 671. The Kier molecular flexibility index (Phi) is 5.30. The van der Waals surface area contributed by atoms with Crippen LogP contribution in [0.4, 0.5) is 0 Å². The van der Waals surface area contributed by atoms with Gasteiger partial charge in [-0.3, -0.25) is 4.79 Å². The number of carbonyl (C=O) groups is 1. The number of amides is 1. The number of benzene rings is 1. The molecule has 2 atom stereocenters. The van der Waals surface area contributed by atoms with Gasteiger partial charge in [-0.05, 0) is 38.4 Å². The van der Waals surface area contributed by atoms with Crippen molar-refractivity contribution in [3.05, 3.63) is 39.7 Å². The SMILES string of the molecule is C[C@@H]1NCCC[C@@H]1C(=O)NCc1nc(-c2ccc(Cl)cc2)cs1. The van der Waals surface area contributed by atoms with Crippen LogP contribution >= 0.6 is 22.9 Å². The highest BCUT2D eigenvalue weighted by Crippen LogP contribution is 2.23. The molecule has 23 heavy (non-hydrogen) atoms. The van der Waals surface area contributed by atoms with Crippen LogP contribution in [-0.2, 0) is 11.3 Å². The molecule has 4 nitrogen and oxygen atoms in total. The monoisotopic (exact) mass is 349 g/mol. The summed E-state index contributed by atoms with van der Waals surface area (Å²) in [6.07, 6.45) is 2.01. The van der Waals surface area contributed by atoms with Crippen LogP contribution < -0.4 is 10.6 Å². The van der Waals surface area contributed by atoms with E-state index in [9.17, 15) is 4.79 Å². The van der Waals surface area contributed by atoms with Crippen molar-refractivity contribution in [1.29, 1.82) is 0 Å². The number of carbonyl (C=O) groups excluding carboxylic acids is 1. The molecule has 3 rings (SSSR count). The van der Waals surface area contributed by atoms with Crippen molar-refractivity contribution in [2.24, 2.45) is 5.92 Å². The first kappa shape index (κ1) is 16.4. The molecule has 2 heterocycles. The van der Waals surface area contributed by atoms with E-state index in [1.54, 1.807) is 11.3 Å². The molecule has 1 aromatic carbocycles. The molecule has 1 amide bonds. The average molecular weight is 350 g/mol. The largest absolute Gasteiger partial charge is 0.349 e. The number of halogens is 1. The summed E-state index contributed by atoms with van der Waals surface area (Å²) in [6, 6.07) is 7.86. The zero-order valence-corrected chi connectivity index (χ0v) is 14.6. The van der Waals surface area contributed by atoms with Gasteiger partial charge < -0.3 is 10.6 Å². The maximum Gasteiger partial charge on any atom is 0.225 e. The number of piperidine rings is 1. The zero-order valence-electron chi connectivity index (χ0n) is 13.0. The molecular weight excluding hydrogens is 330 g/mol. The van der Waals surface area contributed by atoms with Crippen LogP contribution in [0, 0.1) is 5.92 Å². The van der Waals surface area contributed by atoms with Crippen molar-refractivity contribution in [2.45, 2.75) is 32.4 Å². The van der Waals surface area contributed by atoms with Gasteiger partial charge >= 0.3 is 0 Å². The Labute approximate surface area is 145 Å². The second-order valence-electron chi connectivity index (χ2n) is 5.84. The summed E-state index contributed by atoms with van der Waals surface area (Å²) in [5.74, 6) is 0.174. The first-order valence-corrected chi connectivity index (χ1v) is 9.10. The lowest BCUT2D eigenvalue weighted by Gasteiger charge is -2.28. The smallest absolute Gasteiger partial charge is 0.225 e. The van der Waals surface area contributed by atoms with Crippen LogP contribution in [0.15, 0.2) is 29.6 Å². The van der Waals surface area contributed by atoms with Gasteiger partial charge in [0.1, 0.15) is 5.01 Å². The fourth-order valence-electron chi connectivity index (χ4n) is 2.84. The molecule has 6 heteroatoms. The van der Waals surface area contributed by atoms with E-state index in [0.717, 1.165) is 35.7 Å². The van der Waals surface area contributed by atoms with Crippen LogP contribution in [-0.4, -0.2) is 23.5 Å². The molecule has 0 aliphatic carbocycles. The summed E-state index contributed by atoms with van der Waals surface area (Å²) in [4.78, 5) is 16.9. The number of rotatable bonds is 4. The van der Waals surface area contributed by atoms with Crippen LogP contribution in [0.1, 0.15) is 24.8 Å². The van der Waals surface area contributed by atoms with Gasteiger partial charge in [0.05, 0.1) is 18.2 Å². The summed E-state index contributed by atoms with van der Waals surface area (Å²) in [7, 11) is 0. The van der Waals surface area contributed by atoms with E-state index in [-0.39, 0.29) is 17.9 Å². The molecule has 0 unspecified atom stereocenters. The van der Waals surface area contributed by atoms with Gasteiger partial charge in [-0.25, -0.2) is 4.98 Å². The number of nitrogens with one attached hydrogen (secondary N) is 2. The predicted molar refractivity (Wildman–Crippen MR) is 94.6 cm³/mol. The average Bonchev–Trinajstić information content (AvgIpc) is 3.03. The van der Waals surface area contributed by atoms with Crippen molar-refractivity contribution < 1.29 is 4.79 Å². The van der Waals surface area contributed by atoms with Crippen LogP contribution in [0.2, 0.25) is 5.02 Å². The lowest BCUT2D eigenvalue weighted by Crippen LogP contribution is -2.46. The van der Waals surface area contributed by atoms with Gasteiger partial charge in [-0.2, -0.15) is 0 Å². The zero-order chi connectivity index (χ0) is 16.2. The fourth-order valence-corrected chi connectivity index (χ4v) is 3.71. The van der Waals surface area contributed by atoms with Crippen molar-refractivity contribution >= 4 is 28.8 Å². The first-order valence-electron chi connectivity index (χ1n) is 7.85. The van der Waals surface area contributed by atoms with E-state index in [4.69, 9.17) is 11.6 Å². The molecule has 1 aliphatic rings. The lowest BCUT2D eigenvalue weighted by molar-refractivity contribution is -0.126. The number of hydrogen-bond donors (Lipinski definition) is 2. The molecule has 1 aromatic heterocycles. The van der Waals surface area contributed by atoms with Gasteiger partial charge in [0, 0.05) is 22.0 Å². The van der Waals surface area contributed by atoms with E-state index < -0.39 is 0 Å². The Balaban J connectivity index is 1.58. The minimum atomic E-state index is 0.0550. The fraction of sp³-hybridized carbons (Fsp3) is 0.412. The highest BCUT2D eigenvalue weighted by atomic mass is 35.5. The predicted octanol–water partition coefficient (Wildman–Crippen LogP) is 3.47. The third kappa shape index (κ3) is 4.10. The molecule has 2 aromatic rings. The number of aromatic nitrogens is 1. The molecule has 0 radical (unpaired) electrons. The third-order valence-electron chi connectivity index (χ3n) is 4.20. The third-order valence-corrected chi connectivity index (χ3v) is 5.30. The molecule has 122 valence electrons. The van der Waals surface area contributed by atoms with Crippen molar-refractivity contribution in [1.82, 2.24) is 15.6 Å². The normalized spacial score (nSPS) is 21.1. The second kappa shape index (κ2) is 7.43. The Morgan fingerprint density at radius 3 is 2.96 bits per heavy atom. The molecule has 1 aliphatic heterocycles. The van der Waals surface area contributed by atoms with Crippen molar-refractivity contribution in [2.75, 3.05) is 6.54 Å².